The van der Waals surface area contributed by atoms with E-state index in [1.807, 2.05) is 18.2 Å². The van der Waals surface area contributed by atoms with Gasteiger partial charge in [0.2, 0.25) is 0 Å². The number of hydrogen-bond acceptors (Lipinski definition) is 3. The van der Waals surface area contributed by atoms with E-state index in [1.165, 1.54) is 11.3 Å². The molecular weight excluding hydrogens is 252 g/mol. The molecule has 3 N–H and O–H groups in total. The number of aromatic carboxylic acids is 1. The molecule has 0 aliphatic carbocycles. The Hall–Kier alpha value is -2.49. The number of hydrogen-bond donors (Lipinski definition) is 2. The number of para-hydroxylation sites is 1. The molecule has 4 heteroatoms. The van der Waals surface area contributed by atoms with Gasteiger partial charge in [-0.15, -0.1) is 0 Å². The maximum atomic E-state index is 11.4. The molecule has 0 fully saturated rings. The fraction of sp³-hybridized carbons (Fsp3) is 0.188. The lowest BCUT2D eigenvalue weighted by atomic mass is 10.0. The molecule has 0 atom stereocenters. The van der Waals surface area contributed by atoms with Crippen LogP contribution in [0.2, 0.25) is 0 Å². The first-order valence-corrected chi connectivity index (χ1v) is 6.60. The molecule has 0 unspecified atom stereocenters. The minimum atomic E-state index is -0.967. The van der Waals surface area contributed by atoms with E-state index in [2.05, 4.69) is 17.0 Å². The van der Waals surface area contributed by atoms with Gasteiger partial charge in [-0.3, -0.25) is 0 Å². The molecule has 1 aliphatic rings. The van der Waals surface area contributed by atoms with Crippen molar-refractivity contribution in [2.24, 2.45) is 0 Å². The molecule has 20 heavy (non-hydrogen) atoms. The quantitative estimate of drug-likeness (QED) is 0.839. The average Bonchev–Trinajstić information content (AvgIpc) is 2.82. The molecule has 0 saturated carbocycles. The number of nitrogens with two attached hydrogens (primary N) is 1. The van der Waals surface area contributed by atoms with Crippen LogP contribution in [0.15, 0.2) is 42.5 Å². The molecule has 3 rings (SSSR count). The van der Waals surface area contributed by atoms with Crippen molar-refractivity contribution in [2.75, 3.05) is 17.2 Å². The number of rotatable bonds is 3. The fourth-order valence-electron chi connectivity index (χ4n) is 2.79. The summed E-state index contributed by atoms with van der Waals surface area (Å²) >= 11 is 0. The van der Waals surface area contributed by atoms with Crippen LogP contribution in [-0.2, 0) is 13.0 Å². The Kier molecular flexibility index (Phi) is 3.06. The zero-order valence-corrected chi connectivity index (χ0v) is 11.0. The van der Waals surface area contributed by atoms with Gasteiger partial charge in [-0.2, -0.15) is 0 Å². The van der Waals surface area contributed by atoms with Gasteiger partial charge in [-0.1, -0.05) is 30.3 Å². The number of fused-ring (bicyclic) bond motifs is 1. The molecule has 0 amide bonds. The second-order valence-corrected chi connectivity index (χ2v) is 4.99. The summed E-state index contributed by atoms with van der Waals surface area (Å²) in [6.07, 6.45) is 1.00. The zero-order valence-electron chi connectivity index (χ0n) is 11.0. The highest BCUT2D eigenvalue weighted by Crippen LogP contribution is 2.30. The van der Waals surface area contributed by atoms with Gasteiger partial charge in [0.05, 0.1) is 5.56 Å². The smallest absolute Gasteiger partial charge is 0.338 e. The van der Waals surface area contributed by atoms with Crippen LogP contribution in [0.4, 0.5) is 11.4 Å². The summed E-state index contributed by atoms with van der Waals surface area (Å²) in [5.41, 5.74) is 9.59. The number of benzene rings is 2. The molecule has 0 radical (unpaired) electrons. The van der Waals surface area contributed by atoms with Crippen LogP contribution in [0.3, 0.4) is 0 Å². The van der Waals surface area contributed by atoms with E-state index >= 15 is 0 Å². The van der Waals surface area contributed by atoms with E-state index in [0.717, 1.165) is 18.5 Å². The third kappa shape index (κ3) is 2.09. The lowest BCUT2D eigenvalue weighted by molar-refractivity contribution is 0.0697. The van der Waals surface area contributed by atoms with Crippen molar-refractivity contribution in [1.82, 2.24) is 0 Å². The minimum absolute atomic E-state index is 0.219. The first kappa shape index (κ1) is 12.5. The predicted octanol–water partition coefficient (Wildman–Crippen LogP) is 2.53. The molecule has 0 aromatic heterocycles. The number of nitrogen functional groups attached to an aromatic ring is 1. The minimum Gasteiger partial charge on any atom is -0.478 e. The van der Waals surface area contributed by atoms with Gasteiger partial charge in [0.15, 0.2) is 0 Å². The van der Waals surface area contributed by atoms with E-state index in [-0.39, 0.29) is 5.56 Å². The first-order valence-electron chi connectivity index (χ1n) is 6.60. The normalized spacial score (nSPS) is 13.3. The zero-order chi connectivity index (χ0) is 14.1. The molecule has 0 spiro atoms. The molecule has 0 saturated heterocycles. The summed E-state index contributed by atoms with van der Waals surface area (Å²) in [5.74, 6) is -0.967. The molecule has 1 aliphatic heterocycles. The van der Waals surface area contributed by atoms with Gasteiger partial charge >= 0.3 is 5.97 Å². The molecular formula is C16H16N2O2. The van der Waals surface area contributed by atoms with Crippen molar-refractivity contribution in [1.29, 1.82) is 0 Å². The van der Waals surface area contributed by atoms with Crippen LogP contribution in [0.1, 0.15) is 21.5 Å². The third-order valence-corrected chi connectivity index (χ3v) is 3.74. The maximum Gasteiger partial charge on any atom is 0.338 e. The number of carbonyl (C=O) groups is 1. The lowest BCUT2D eigenvalue weighted by Crippen LogP contribution is -2.21. The number of carboxylic acids is 1. The van der Waals surface area contributed by atoms with E-state index in [0.29, 0.717) is 12.2 Å². The van der Waals surface area contributed by atoms with Crippen molar-refractivity contribution >= 4 is 17.3 Å². The summed E-state index contributed by atoms with van der Waals surface area (Å²) in [7, 11) is 0. The van der Waals surface area contributed by atoms with Crippen LogP contribution in [0, 0.1) is 0 Å². The SMILES string of the molecule is Nc1cccc(CN2CCc3ccccc32)c1C(=O)O. The monoisotopic (exact) mass is 268 g/mol. The maximum absolute atomic E-state index is 11.4. The Bertz CT molecular complexity index is 667. The Morgan fingerprint density at radius 3 is 2.80 bits per heavy atom. The lowest BCUT2D eigenvalue weighted by Gasteiger charge is -2.21. The van der Waals surface area contributed by atoms with E-state index in [9.17, 15) is 9.90 Å². The molecule has 4 nitrogen and oxygen atoms in total. The van der Waals surface area contributed by atoms with Gasteiger partial charge in [0.25, 0.3) is 0 Å². The summed E-state index contributed by atoms with van der Waals surface area (Å²) in [6, 6.07) is 13.5. The van der Waals surface area contributed by atoms with Gasteiger partial charge in [-0.25, -0.2) is 4.79 Å². The predicted molar refractivity (Wildman–Crippen MR) is 79.0 cm³/mol. The van der Waals surface area contributed by atoms with Gasteiger partial charge in [0, 0.05) is 24.5 Å². The number of anilines is 2. The van der Waals surface area contributed by atoms with Crippen molar-refractivity contribution in [3.05, 3.63) is 59.2 Å². The molecule has 2 aromatic rings. The summed E-state index contributed by atoms with van der Waals surface area (Å²) in [5, 5.41) is 9.32. The van der Waals surface area contributed by atoms with E-state index in [1.54, 1.807) is 12.1 Å². The Morgan fingerprint density at radius 1 is 1.20 bits per heavy atom. The fourth-order valence-corrected chi connectivity index (χ4v) is 2.79. The van der Waals surface area contributed by atoms with Crippen molar-refractivity contribution < 1.29 is 9.90 Å². The van der Waals surface area contributed by atoms with Crippen LogP contribution in [-0.4, -0.2) is 17.6 Å². The molecule has 0 bridgehead atoms. The van der Waals surface area contributed by atoms with Crippen LogP contribution < -0.4 is 10.6 Å². The molecule has 1 heterocycles. The number of carboxylic acid groups (broad SMARTS) is 1. The van der Waals surface area contributed by atoms with Crippen molar-refractivity contribution in [2.45, 2.75) is 13.0 Å². The van der Waals surface area contributed by atoms with Gasteiger partial charge in [-0.05, 0) is 29.7 Å². The van der Waals surface area contributed by atoms with Crippen molar-refractivity contribution in [3.8, 4) is 0 Å². The molecule has 2 aromatic carbocycles. The standard InChI is InChI=1S/C16H16N2O2/c17-13-6-3-5-12(15(13)16(19)20)10-18-9-8-11-4-1-2-7-14(11)18/h1-7H,8-10,17H2,(H,19,20). The summed E-state index contributed by atoms with van der Waals surface area (Å²) < 4.78 is 0. The highest BCUT2D eigenvalue weighted by molar-refractivity contribution is 5.95. The van der Waals surface area contributed by atoms with E-state index < -0.39 is 5.97 Å². The third-order valence-electron chi connectivity index (χ3n) is 3.74. The Balaban J connectivity index is 1.94. The summed E-state index contributed by atoms with van der Waals surface area (Å²) in [6.45, 7) is 1.48. The largest absolute Gasteiger partial charge is 0.478 e. The van der Waals surface area contributed by atoms with Crippen LogP contribution in [0.25, 0.3) is 0 Å². The van der Waals surface area contributed by atoms with E-state index in [4.69, 9.17) is 5.73 Å². The van der Waals surface area contributed by atoms with Crippen molar-refractivity contribution in [3.63, 3.8) is 0 Å². The highest BCUT2D eigenvalue weighted by atomic mass is 16.4. The first-order chi connectivity index (χ1) is 9.66. The van der Waals surface area contributed by atoms with Gasteiger partial charge in [0.1, 0.15) is 0 Å². The summed E-state index contributed by atoms with van der Waals surface area (Å²) in [4.78, 5) is 13.6. The number of nitrogens with zero attached hydrogens (tertiary/aromatic N) is 1. The topological polar surface area (TPSA) is 66.6 Å². The molecule has 102 valence electrons. The highest BCUT2D eigenvalue weighted by Gasteiger charge is 2.21. The Morgan fingerprint density at radius 2 is 2.00 bits per heavy atom. The Labute approximate surface area is 117 Å². The average molecular weight is 268 g/mol. The second-order valence-electron chi connectivity index (χ2n) is 4.99. The van der Waals surface area contributed by atoms with Crippen LogP contribution >= 0.6 is 0 Å². The second kappa shape index (κ2) is 4.89. The van der Waals surface area contributed by atoms with Crippen LogP contribution in [0.5, 0.6) is 0 Å². The van der Waals surface area contributed by atoms with Gasteiger partial charge < -0.3 is 15.7 Å².